The van der Waals surface area contributed by atoms with E-state index in [9.17, 15) is 22.8 Å². The zero-order valence-corrected chi connectivity index (χ0v) is 23.0. The molecule has 1 heterocycles. The molecule has 3 aromatic rings. The number of alkyl halides is 2. The zero-order valence-electron chi connectivity index (χ0n) is 23.0. The zero-order chi connectivity index (χ0) is 29.9. The fourth-order valence-electron chi connectivity index (χ4n) is 4.95. The van der Waals surface area contributed by atoms with E-state index >= 15 is 0 Å². The third-order valence-corrected chi connectivity index (χ3v) is 7.06. The third kappa shape index (κ3) is 8.95. The Morgan fingerprint density at radius 3 is 2.26 bits per heavy atom. The lowest BCUT2D eigenvalue weighted by Gasteiger charge is -2.31. The van der Waals surface area contributed by atoms with E-state index < -0.39 is 42.7 Å². The lowest BCUT2D eigenvalue weighted by Crippen LogP contribution is -2.49. The molecule has 224 valence electrons. The Morgan fingerprint density at radius 2 is 1.69 bits per heavy atom. The van der Waals surface area contributed by atoms with Gasteiger partial charge < -0.3 is 31.2 Å². The minimum Gasteiger partial charge on any atom is -0.448 e. The molecule has 1 aliphatic heterocycles. The predicted octanol–water partition coefficient (Wildman–Crippen LogP) is 4.20. The van der Waals surface area contributed by atoms with Crippen molar-refractivity contribution in [1.82, 2.24) is 10.6 Å². The van der Waals surface area contributed by atoms with Gasteiger partial charge >= 0.3 is 6.09 Å². The molecular formula is C31H35F3N4O4. The summed E-state index contributed by atoms with van der Waals surface area (Å²) in [7, 11) is 0. The van der Waals surface area contributed by atoms with Gasteiger partial charge in [-0.2, -0.15) is 0 Å². The highest BCUT2D eigenvalue weighted by Gasteiger charge is 2.30. The maximum atomic E-state index is 14.4. The van der Waals surface area contributed by atoms with Crippen LogP contribution in [0.4, 0.5) is 23.7 Å². The summed E-state index contributed by atoms with van der Waals surface area (Å²) in [5, 5.41) is 8.47. The Hall–Kier alpha value is -4.09. The fraction of sp³-hybridized carbons (Fsp3) is 0.355. The quantitative estimate of drug-likeness (QED) is 0.240. The Labute approximate surface area is 242 Å². The summed E-state index contributed by atoms with van der Waals surface area (Å²) in [6.07, 6.45) is -2.61. The van der Waals surface area contributed by atoms with E-state index in [-0.39, 0.29) is 25.4 Å². The standard InChI is InChI=1S/C31H35F3N4O4/c32-23-13-11-20(12-14-25-16-36-24(18-41-25)19-42-31(40)37-17-27(33)34)26(15-23)38-29(30(35)39)28(21-7-3-1-4-8-21)22-9-5-2-6-10-22/h1-11,13,15,24-25,27-29,36,38H,12,14,16-19H2,(H2,35,39)(H,37,40)/t24-,25+,29-/m0/s1. The van der Waals surface area contributed by atoms with Gasteiger partial charge in [-0.05, 0) is 41.7 Å². The molecule has 5 N–H and O–H groups in total. The number of alkyl carbamates (subject to hydrolysis) is 1. The van der Waals surface area contributed by atoms with Crippen molar-refractivity contribution < 1.29 is 32.2 Å². The second-order valence-corrected chi connectivity index (χ2v) is 10.1. The number of rotatable bonds is 13. The Morgan fingerprint density at radius 1 is 1.02 bits per heavy atom. The second-order valence-electron chi connectivity index (χ2n) is 10.1. The number of carbonyl (C=O) groups excluding carboxylic acids is 2. The van der Waals surface area contributed by atoms with Crippen molar-refractivity contribution in [2.45, 2.75) is 43.4 Å². The number of primary amides is 1. The largest absolute Gasteiger partial charge is 0.448 e. The van der Waals surface area contributed by atoms with Crippen LogP contribution in [0.15, 0.2) is 78.9 Å². The second kappa shape index (κ2) is 15.2. The number of nitrogens with two attached hydrogens (primary N) is 1. The highest BCUT2D eigenvalue weighted by atomic mass is 19.3. The predicted molar refractivity (Wildman–Crippen MR) is 153 cm³/mol. The summed E-state index contributed by atoms with van der Waals surface area (Å²) in [4.78, 5) is 24.3. The van der Waals surface area contributed by atoms with Crippen molar-refractivity contribution in [1.29, 1.82) is 0 Å². The van der Waals surface area contributed by atoms with Gasteiger partial charge in [-0.1, -0.05) is 66.7 Å². The van der Waals surface area contributed by atoms with Gasteiger partial charge in [0.05, 0.1) is 25.3 Å². The SMILES string of the molecule is NC(=O)[C@@H](Nc1cc(F)ccc1CC[C@@H]1CN[C@H](COC(=O)NCC(F)F)CO1)C(c1ccccc1)c1ccccc1. The van der Waals surface area contributed by atoms with Crippen LogP contribution in [0.3, 0.4) is 0 Å². The van der Waals surface area contributed by atoms with E-state index in [0.29, 0.717) is 25.1 Å². The van der Waals surface area contributed by atoms with Crippen LogP contribution in [0.1, 0.15) is 29.0 Å². The summed E-state index contributed by atoms with van der Waals surface area (Å²) in [5.74, 6) is -1.43. The molecule has 42 heavy (non-hydrogen) atoms. The molecule has 4 rings (SSSR count). The van der Waals surface area contributed by atoms with E-state index in [2.05, 4.69) is 10.6 Å². The van der Waals surface area contributed by atoms with Crippen molar-refractivity contribution >= 4 is 17.7 Å². The molecule has 1 fully saturated rings. The number of halogens is 3. The molecule has 2 amide bonds. The Kier molecular flexibility index (Phi) is 11.2. The molecule has 1 saturated heterocycles. The van der Waals surface area contributed by atoms with Crippen molar-refractivity contribution in [3.63, 3.8) is 0 Å². The smallest absolute Gasteiger partial charge is 0.407 e. The number of benzene rings is 3. The third-order valence-electron chi connectivity index (χ3n) is 7.06. The van der Waals surface area contributed by atoms with Gasteiger partial charge in [0.1, 0.15) is 18.5 Å². The van der Waals surface area contributed by atoms with Crippen LogP contribution in [0.25, 0.3) is 0 Å². The van der Waals surface area contributed by atoms with Crippen molar-refractivity contribution in [3.8, 4) is 0 Å². The van der Waals surface area contributed by atoms with E-state index in [1.165, 1.54) is 12.1 Å². The number of hydrogen-bond acceptors (Lipinski definition) is 6. The number of nitrogens with one attached hydrogen (secondary N) is 3. The van der Waals surface area contributed by atoms with Gasteiger partial charge in [0.15, 0.2) is 0 Å². The van der Waals surface area contributed by atoms with Crippen LogP contribution >= 0.6 is 0 Å². The van der Waals surface area contributed by atoms with E-state index in [4.69, 9.17) is 15.2 Å². The molecule has 11 heteroatoms. The number of aryl methyl sites for hydroxylation is 1. The number of hydrogen-bond donors (Lipinski definition) is 4. The van der Waals surface area contributed by atoms with Gasteiger partial charge in [-0.3, -0.25) is 4.79 Å². The fourth-order valence-corrected chi connectivity index (χ4v) is 4.95. The molecule has 0 unspecified atom stereocenters. The number of amides is 2. The summed E-state index contributed by atoms with van der Waals surface area (Å²) in [6.45, 7) is -0.0487. The molecule has 3 atom stereocenters. The lowest BCUT2D eigenvalue weighted by molar-refractivity contribution is -0.119. The van der Waals surface area contributed by atoms with E-state index in [1.54, 1.807) is 6.07 Å². The molecule has 0 aromatic heterocycles. The van der Waals surface area contributed by atoms with Crippen molar-refractivity contribution in [2.75, 3.05) is 31.6 Å². The monoisotopic (exact) mass is 584 g/mol. The minimum atomic E-state index is -2.65. The Bertz CT molecular complexity index is 1250. The van der Waals surface area contributed by atoms with Gasteiger partial charge in [-0.15, -0.1) is 0 Å². The van der Waals surface area contributed by atoms with Gasteiger partial charge in [-0.25, -0.2) is 18.0 Å². The average Bonchev–Trinajstić information content (AvgIpc) is 2.99. The highest BCUT2D eigenvalue weighted by Crippen LogP contribution is 2.31. The van der Waals surface area contributed by atoms with Crippen LogP contribution in [0.5, 0.6) is 0 Å². The van der Waals surface area contributed by atoms with Gasteiger partial charge in [0.2, 0.25) is 5.91 Å². The van der Waals surface area contributed by atoms with E-state index in [1.807, 2.05) is 66.0 Å². The topological polar surface area (TPSA) is 115 Å². The van der Waals surface area contributed by atoms with Crippen molar-refractivity contribution in [2.24, 2.45) is 5.73 Å². The maximum absolute atomic E-state index is 14.4. The van der Waals surface area contributed by atoms with Crippen LogP contribution < -0.4 is 21.7 Å². The molecule has 0 aliphatic carbocycles. The minimum absolute atomic E-state index is 0.0215. The first-order valence-electron chi connectivity index (χ1n) is 13.8. The lowest BCUT2D eigenvalue weighted by atomic mass is 9.84. The molecule has 0 saturated carbocycles. The molecule has 8 nitrogen and oxygen atoms in total. The number of anilines is 1. The molecule has 0 bridgehead atoms. The van der Waals surface area contributed by atoms with Crippen LogP contribution in [-0.2, 0) is 20.7 Å². The molecular weight excluding hydrogens is 549 g/mol. The number of morpholine rings is 1. The number of ether oxygens (including phenoxy) is 2. The van der Waals surface area contributed by atoms with Crippen molar-refractivity contribution in [3.05, 3.63) is 101 Å². The molecule has 1 aliphatic rings. The first-order chi connectivity index (χ1) is 20.3. The average molecular weight is 585 g/mol. The van der Waals surface area contributed by atoms with Crippen LogP contribution in [-0.4, -0.2) is 62.9 Å². The summed E-state index contributed by atoms with van der Waals surface area (Å²) in [5.41, 5.74) is 8.99. The van der Waals surface area contributed by atoms with Gasteiger partial charge in [0, 0.05) is 18.2 Å². The molecule has 0 spiro atoms. The Balaban J connectivity index is 1.40. The summed E-state index contributed by atoms with van der Waals surface area (Å²) in [6, 6.07) is 22.4. The van der Waals surface area contributed by atoms with Gasteiger partial charge in [0.25, 0.3) is 6.43 Å². The summed E-state index contributed by atoms with van der Waals surface area (Å²) >= 11 is 0. The first kappa shape index (κ1) is 30.9. The molecule has 3 aromatic carbocycles. The van der Waals surface area contributed by atoms with E-state index in [0.717, 1.165) is 16.7 Å². The number of carbonyl (C=O) groups is 2. The first-order valence-corrected chi connectivity index (χ1v) is 13.8. The van der Waals surface area contributed by atoms with Crippen LogP contribution in [0, 0.1) is 5.82 Å². The maximum Gasteiger partial charge on any atom is 0.407 e. The highest BCUT2D eigenvalue weighted by molar-refractivity contribution is 5.85. The summed E-state index contributed by atoms with van der Waals surface area (Å²) < 4.78 is 49.7. The van der Waals surface area contributed by atoms with Crippen LogP contribution in [0.2, 0.25) is 0 Å². The normalized spacial score (nSPS) is 17.5. The molecule has 0 radical (unpaired) electrons.